The van der Waals surface area contributed by atoms with E-state index in [2.05, 4.69) is 6.92 Å². The molecule has 3 rings (SSSR count). The molecule has 0 fully saturated rings. The Morgan fingerprint density at radius 2 is 1.35 bits per heavy atom. The molecule has 0 N–H and O–H groups in total. The van der Waals surface area contributed by atoms with Gasteiger partial charge in [-0.25, -0.2) is 9.59 Å². The smallest absolute Gasteiger partial charge is 0.379 e. The number of furan rings is 1. The molecule has 0 saturated heterocycles. The van der Waals surface area contributed by atoms with E-state index in [4.69, 9.17) is 23.9 Å². The fourth-order valence-corrected chi connectivity index (χ4v) is 3.17. The van der Waals surface area contributed by atoms with E-state index in [0.717, 1.165) is 12.2 Å². The Labute approximate surface area is 198 Å². The maximum absolute atomic E-state index is 12.4. The highest BCUT2D eigenvalue weighted by molar-refractivity contribution is 5.91. The summed E-state index contributed by atoms with van der Waals surface area (Å²) in [4.78, 5) is 24.4. The van der Waals surface area contributed by atoms with Gasteiger partial charge in [0.05, 0.1) is 12.2 Å². The van der Waals surface area contributed by atoms with Gasteiger partial charge in [-0.1, -0.05) is 39.0 Å². The summed E-state index contributed by atoms with van der Waals surface area (Å²) in [5.74, 6) is 0.0145. The second-order valence-corrected chi connectivity index (χ2v) is 7.67. The van der Waals surface area contributed by atoms with Crippen LogP contribution in [0.25, 0.3) is 0 Å². The fraction of sp³-hybridized carbons (Fsp3) is 0.296. The van der Waals surface area contributed by atoms with Crippen molar-refractivity contribution in [3.8, 4) is 23.3 Å². The first kappa shape index (κ1) is 24.6. The molecular weight excluding hydrogens is 434 g/mol. The van der Waals surface area contributed by atoms with E-state index in [1.807, 2.05) is 0 Å². The SMILES string of the molecule is CCCCCCCCOc1ccc(OC(=O)c2ccc(OC(=O)c3ccc(C#N)o3)cc2)cc1. The first-order valence-corrected chi connectivity index (χ1v) is 11.4. The van der Waals surface area contributed by atoms with Gasteiger partial charge in [0, 0.05) is 0 Å². The predicted octanol–water partition coefficient (Wildman–Crippen LogP) is 6.33. The number of rotatable bonds is 12. The van der Waals surface area contributed by atoms with Crippen LogP contribution in [0, 0.1) is 11.3 Å². The van der Waals surface area contributed by atoms with Crippen LogP contribution >= 0.6 is 0 Å². The van der Waals surface area contributed by atoms with Crippen molar-refractivity contribution in [3.63, 3.8) is 0 Å². The Bertz CT molecular complexity index is 1110. The van der Waals surface area contributed by atoms with Crippen molar-refractivity contribution in [1.82, 2.24) is 0 Å². The molecule has 0 bridgehead atoms. The molecule has 3 aromatic rings. The van der Waals surface area contributed by atoms with Crippen LogP contribution in [0.4, 0.5) is 0 Å². The van der Waals surface area contributed by atoms with Crippen LogP contribution in [0.15, 0.2) is 65.1 Å². The van der Waals surface area contributed by atoms with Crippen LogP contribution in [-0.2, 0) is 0 Å². The summed E-state index contributed by atoms with van der Waals surface area (Å²) < 4.78 is 21.3. The average Bonchev–Trinajstić information content (AvgIpc) is 3.35. The summed E-state index contributed by atoms with van der Waals surface area (Å²) in [5.41, 5.74) is 0.299. The van der Waals surface area contributed by atoms with Gasteiger partial charge < -0.3 is 18.6 Å². The molecule has 0 aliphatic rings. The van der Waals surface area contributed by atoms with E-state index in [-0.39, 0.29) is 17.3 Å². The number of nitrogens with zero attached hydrogens (tertiary/aromatic N) is 1. The molecule has 0 aliphatic carbocycles. The van der Waals surface area contributed by atoms with Crippen LogP contribution in [0.2, 0.25) is 0 Å². The topological polar surface area (TPSA) is 98.8 Å². The third-order valence-electron chi connectivity index (χ3n) is 5.02. The van der Waals surface area contributed by atoms with Crippen molar-refractivity contribution in [2.75, 3.05) is 6.61 Å². The van der Waals surface area contributed by atoms with Crippen molar-refractivity contribution in [1.29, 1.82) is 5.26 Å². The van der Waals surface area contributed by atoms with Gasteiger partial charge >= 0.3 is 11.9 Å². The Morgan fingerprint density at radius 1 is 0.765 bits per heavy atom. The number of ether oxygens (including phenoxy) is 3. The van der Waals surface area contributed by atoms with E-state index < -0.39 is 11.9 Å². The molecule has 0 atom stereocenters. The number of esters is 2. The van der Waals surface area contributed by atoms with Crippen LogP contribution in [0.5, 0.6) is 17.2 Å². The number of nitriles is 1. The number of carbonyl (C=O) groups is 2. The third kappa shape index (κ3) is 7.52. The van der Waals surface area contributed by atoms with Gasteiger partial charge in [-0.05, 0) is 67.1 Å². The van der Waals surface area contributed by atoms with Crippen molar-refractivity contribution in [2.24, 2.45) is 0 Å². The monoisotopic (exact) mass is 461 g/mol. The lowest BCUT2D eigenvalue weighted by molar-refractivity contribution is 0.0700. The normalized spacial score (nSPS) is 10.4. The summed E-state index contributed by atoms with van der Waals surface area (Å²) in [7, 11) is 0. The van der Waals surface area contributed by atoms with Gasteiger partial charge in [-0.3, -0.25) is 0 Å². The molecule has 176 valence electrons. The Hall–Kier alpha value is -4.05. The second kappa shape index (κ2) is 12.9. The molecule has 7 heteroatoms. The van der Waals surface area contributed by atoms with E-state index in [1.165, 1.54) is 68.5 Å². The van der Waals surface area contributed by atoms with Gasteiger partial charge in [0.25, 0.3) is 0 Å². The molecule has 0 aliphatic heterocycles. The van der Waals surface area contributed by atoms with Crippen LogP contribution in [-0.4, -0.2) is 18.5 Å². The van der Waals surface area contributed by atoms with Crippen LogP contribution < -0.4 is 14.2 Å². The number of carbonyl (C=O) groups excluding carboxylic acids is 2. The zero-order chi connectivity index (χ0) is 24.2. The Kier molecular flexibility index (Phi) is 9.29. The van der Waals surface area contributed by atoms with Crippen molar-refractivity contribution in [3.05, 3.63) is 77.7 Å². The third-order valence-corrected chi connectivity index (χ3v) is 5.02. The summed E-state index contributed by atoms with van der Waals surface area (Å²) in [5, 5.41) is 8.75. The van der Waals surface area contributed by atoms with Gasteiger partial charge in [0.2, 0.25) is 11.5 Å². The lowest BCUT2D eigenvalue weighted by atomic mass is 10.1. The highest BCUT2D eigenvalue weighted by atomic mass is 16.5. The molecule has 0 radical (unpaired) electrons. The van der Waals surface area contributed by atoms with Gasteiger partial charge in [-0.15, -0.1) is 0 Å². The number of unbranched alkanes of at least 4 members (excludes halogenated alkanes) is 5. The molecule has 2 aromatic carbocycles. The minimum Gasteiger partial charge on any atom is -0.494 e. The highest BCUT2D eigenvalue weighted by Crippen LogP contribution is 2.21. The summed E-state index contributed by atoms with van der Waals surface area (Å²) in [6, 6.07) is 17.4. The second-order valence-electron chi connectivity index (χ2n) is 7.67. The summed E-state index contributed by atoms with van der Waals surface area (Å²) >= 11 is 0. The summed E-state index contributed by atoms with van der Waals surface area (Å²) in [6.07, 6.45) is 7.23. The van der Waals surface area contributed by atoms with Gasteiger partial charge in [0.15, 0.2) is 0 Å². The largest absolute Gasteiger partial charge is 0.494 e. The zero-order valence-electron chi connectivity index (χ0n) is 19.1. The maximum atomic E-state index is 12.4. The lowest BCUT2D eigenvalue weighted by Gasteiger charge is -2.08. The number of hydrogen-bond acceptors (Lipinski definition) is 7. The predicted molar refractivity (Wildman–Crippen MR) is 125 cm³/mol. The minimum atomic E-state index is -0.740. The van der Waals surface area contributed by atoms with Crippen molar-refractivity contribution < 1.29 is 28.2 Å². The zero-order valence-corrected chi connectivity index (χ0v) is 19.1. The van der Waals surface area contributed by atoms with E-state index in [0.29, 0.717) is 17.9 Å². The van der Waals surface area contributed by atoms with Crippen LogP contribution in [0.1, 0.15) is 72.1 Å². The van der Waals surface area contributed by atoms with Crippen molar-refractivity contribution >= 4 is 11.9 Å². The van der Waals surface area contributed by atoms with E-state index in [1.54, 1.807) is 30.3 Å². The quantitative estimate of drug-likeness (QED) is 0.176. The molecule has 0 unspecified atom stereocenters. The van der Waals surface area contributed by atoms with Gasteiger partial charge in [0.1, 0.15) is 23.3 Å². The Morgan fingerprint density at radius 3 is 2.00 bits per heavy atom. The Balaban J connectivity index is 1.44. The average molecular weight is 462 g/mol. The molecule has 0 saturated carbocycles. The molecule has 0 amide bonds. The molecular formula is C27H27NO6. The number of benzene rings is 2. The van der Waals surface area contributed by atoms with Gasteiger partial charge in [-0.2, -0.15) is 5.26 Å². The molecule has 1 aromatic heterocycles. The van der Waals surface area contributed by atoms with E-state index in [9.17, 15) is 9.59 Å². The first-order valence-electron chi connectivity index (χ1n) is 11.4. The molecule has 1 heterocycles. The minimum absolute atomic E-state index is 0.0162. The number of hydrogen-bond donors (Lipinski definition) is 0. The first-order chi connectivity index (χ1) is 16.6. The highest BCUT2D eigenvalue weighted by Gasteiger charge is 2.15. The molecule has 0 spiro atoms. The van der Waals surface area contributed by atoms with Crippen molar-refractivity contribution in [2.45, 2.75) is 45.4 Å². The molecule has 7 nitrogen and oxygen atoms in total. The lowest BCUT2D eigenvalue weighted by Crippen LogP contribution is -2.10. The van der Waals surface area contributed by atoms with Crippen LogP contribution in [0.3, 0.4) is 0 Å². The van der Waals surface area contributed by atoms with E-state index >= 15 is 0 Å². The molecule has 34 heavy (non-hydrogen) atoms. The standard InChI is InChI=1S/C27H27NO6/c1-2-3-4-5-6-7-18-31-21-12-14-23(15-13-21)33-26(29)20-8-10-22(11-9-20)34-27(30)25-17-16-24(19-28)32-25/h8-17H,2-7,18H2,1H3. The summed E-state index contributed by atoms with van der Waals surface area (Å²) in [6.45, 7) is 2.87. The maximum Gasteiger partial charge on any atom is 0.379 e. The fourth-order valence-electron chi connectivity index (χ4n) is 3.17.